The highest BCUT2D eigenvalue weighted by Gasteiger charge is 2.26. The molecule has 1 aliphatic rings. The molecule has 1 saturated heterocycles. The predicted molar refractivity (Wildman–Crippen MR) is 130 cm³/mol. The van der Waals surface area contributed by atoms with Gasteiger partial charge in [0.15, 0.2) is 0 Å². The average molecular weight is 487 g/mol. The highest BCUT2D eigenvalue weighted by atomic mass is 32.1. The third kappa shape index (κ3) is 5.32. The van der Waals surface area contributed by atoms with Crippen LogP contribution in [0.25, 0.3) is 10.2 Å². The summed E-state index contributed by atoms with van der Waals surface area (Å²) in [6, 6.07) is 5.23. The van der Waals surface area contributed by atoms with Gasteiger partial charge in [0, 0.05) is 26.1 Å². The lowest BCUT2D eigenvalue weighted by molar-refractivity contribution is -0.134. The van der Waals surface area contributed by atoms with Crippen molar-refractivity contribution >= 4 is 33.4 Å². The van der Waals surface area contributed by atoms with E-state index in [2.05, 4.69) is 19.2 Å². The number of likely N-dealkylation sites (tertiary alicyclic amines) is 1. The van der Waals surface area contributed by atoms with Crippen LogP contribution in [0.3, 0.4) is 0 Å². The van der Waals surface area contributed by atoms with Gasteiger partial charge in [-0.1, -0.05) is 13.8 Å². The Balaban J connectivity index is 1.47. The first-order chi connectivity index (χ1) is 16.3. The van der Waals surface area contributed by atoms with Crippen LogP contribution < -0.4 is 16.6 Å². The fourth-order valence-electron chi connectivity index (χ4n) is 4.67. The van der Waals surface area contributed by atoms with E-state index in [1.54, 1.807) is 23.6 Å². The van der Waals surface area contributed by atoms with Crippen molar-refractivity contribution < 1.29 is 14.0 Å². The molecule has 0 radical (unpaired) electrons. The largest absolute Gasteiger partial charge is 0.467 e. The number of aromatic nitrogens is 2. The molecule has 4 heterocycles. The third-order valence-corrected chi connectivity index (χ3v) is 7.07. The second-order valence-corrected chi connectivity index (χ2v) is 10.1. The van der Waals surface area contributed by atoms with Crippen molar-refractivity contribution in [3.05, 3.63) is 56.4 Å². The number of thiophene rings is 1. The minimum absolute atomic E-state index is 0.102. The van der Waals surface area contributed by atoms with Gasteiger partial charge in [0.2, 0.25) is 11.8 Å². The lowest BCUT2D eigenvalue weighted by atomic mass is 9.92. The molecule has 0 saturated carbocycles. The minimum atomic E-state index is -0.515. The first-order valence-corrected chi connectivity index (χ1v) is 12.5. The van der Waals surface area contributed by atoms with Crippen molar-refractivity contribution in [2.75, 3.05) is 13.1 Å². The van der Waals surface area contributed by atoms with Crippen LogP contribution in [0.4, 0.5) is 0 Å². The molecule has 0 bridgehead atoms. The first kappa shape index (κ1) is 24.0. The number of nitrogens with zero attached hydrogens (tertiary/aromatic N) is 3. The summed E-state index contributed by atoms with van der Waals surface area (Å²) in [7, 11) is 0. The van der Waals surface area contributed by atoms with Crippen molar-refractivity contribution in [1.82, 2.24) is 19.4 Å². The maximum Gasteiger partial charge on any atom is 0.332 e. The molecule has 2 atom stereocenters. The van der Waals surface area contributed by atoms with Crippen LogP contribution in [0.15, 0.2) is 43.8 Å². The Kier molecular flexibility index (Phi) is 7.35. The summed E-state index contributed by atoms with van der Waals surface area (Å²) in [6.07, 6.45) is 3.11. The first-order valence-electron chi connectivity index (χ1n) is 11.6. The van der Waals surface area contributed by atoms with Crippen molar-refractivity contribution in [2.45, 2.75) is 52.7 Å². The second kappa shape index (κ2) is 10.4. The second-order valence-electron chi connectivity index (χ2n) is 9.16. The zero-order chi connectivity index (χ0) is 24.2. The summed E-state index contributed by atoms with van der Waals surface area (Å²) in [5.74, 6) is 1.18. The summed E-state index contributed by atoms with van der Waals surface area (Å²) in [6.45, 7) is 5.90. The Morgan fingerprint density at radius 1 is 1.15 bits per heavy atom. The van der Waals surface area contributed by atoms with Crippen molar-refractivity contribution in [1.29, 1.82) is 0 Å². The predicted octanol–water partition coefficient (Wildman–Crippen LogP) is 2.42. The molecule has 9 nitrogen and oxygen atoms in total. The van der Waals surface area contributed by atoms with Crippen LogP contribution in [0.1, 0.15) is 38.9 Å². The van der Waals surface area contributed by atoms with Crippen LogP contribution >= 0.6 is 11.3 Å². The smallest absolute Gasteiger partial charge is 0.332 e. The van der Waals surface area contributed by atoms with Gasteiger partial charge in [-0.15, -0.1) is 11.3 Å². The van der Waals surface area contributed by atoms with Crippen molar-refractivity contribution in [3.8, 4) is 0 Å². The summed E-state index contributed by atoms with van der Waals surface area (Å²) < 4.78 is 8.17. The van der Waals surface area contributed by atoms with Gasteiger partial charge in [0.1, 0.15) is 17.0 Å². The SMILES string of the molecule is CC1CC(C)CN(C(=O)Cn2c(=O)n(CCCC(=O)NCc3ccco3)c(=O)c3sccc32)C1. The topological polar surface area (TPSA) is 107 Å². The van der Waals surface area contributed by atoms with E-state index in [1.165, 1.54) is 22.2 Å². The van der Waals surface area contributed by atoms with E-state index in [-0.39, 0.29) is 43.4 Å². The lowest BCUT2D eigenvalue weighted by Crippen LogP contribution is -2.47. The number of hydrogen-bond donors (Lipinski definition) is 1. The van der Waals surface area contributed by atoms with E-state index >= 15 is 0 Å². The van der Waals surface area contributed by atoms with Crippen LogP contribution in [-0.4, -0.2) is 38.9 Å². The number of nitrogens with one attached hydrogen (secondary N) is 1. The van der Waals surface area contributed by atoms with Crippen LogP contribution in [0.5, 0.6) is 0 Å². The van der Waals surface area contributed by atoms with Crippen LogP contribution in [0, 0.1) is 11.8 Å². The van der Waals surface area contributed by atoms with Crippen LogP contribution in [0.2, 0.25) is 0 Å². The fourth-order valence-corrected chi connectivity index (χ4v) is 5.51. The highest BCUT2D eigenvalue weighted by molar-refractivity contribution is 7.17. The molecule has 1 aliphatic heterocycles. The molecule has 0 aromatic carbocycles. The maximum atomic E-state index is 13.3. The van der Waals surface area contributed by atoms with Crippen molar-refractivity contribution in [2.24, 2.45) is 11.8 Å². The summed E-state index contributed by atoms with van der Waals surface area (Å²) >= 11 is 1.25. The molecule has 182 valence electrons. The molecule has 0 spiro atoms. The average Bonchev–Trinajstić information content (AvgIpc) is 3.49. The van der Waals surface area contributed by atoms with Gasteiger partial charge >= 0.3 is 5.69 Å². The Morgan fingerprint density at radius 3 is 2.62 bits per heavy atom. The monoisotopic (exact) mass is 486 g/mol. The molecule has 4 rings (SSSR count). The molecule has 2 unspecified atom stereocenters. The number of amides is 2. The van der Waals surface area contributed by atoms with Gasteiger partial charge in [0.05, 0.1) is 18.3 Å². The van der Waals surface area contributed by atoms with E-state index in [9.17, 15) is 19.2 Å². The molecule has 2 amide bonds. The van der Waals surface area contributed by atoms with Crippen molar-refractivity contribution in [3.63, 3.8) is 0 Å². The zero-order valence-corrected chi connectivity index (χ0v) is 20.3. The summed E-state index contributed by atoms with van der Waals surface area (Å²) in [5.41, 5.74) is -0.410. The molecule has 0 aliphatic carbocycles. The third-order valence-electron chi connectivity index (χ3n) is 6.18. The Bertz CT molecular complexity index is 1260. The lowest BCUT2D eigenvalue weighted by Gasteiger charge is -2.35. The number of carbonyl (C=O) groups excluding carboxylic acids is 2. The van der Waals surface area contributed by atoms with Gasteiger partial charge in [-0.2, -0.15) is 0 Å². The minimum Gasteiger partial charge on any atom is -0.467 e. The van der Waals surface area contributed by atoms with Gasteiger partial charge in [0.25, 0.3) is 5.56 Å². The maximum absolute atomic E-state index is 13.3. The molecule has 1 N–H and O–H groups in total. The Morgan fingerprint density at radius 2 is 1.91 bits per heavy atom. The van der Waals surface area contributed by atoms with E-state index < -0.39 is 5.69 Å². The van der Waals surface area contributed by atoms with E-state index in [4.69, 9.17) is 4.42 Å². The molecular weight excluding hydrogens is 456 g/mol. The number of hydrogen-bond acceptors (Lipinski definition) is 6. The quantitative estimate of drug-likeness (QED) is 0.526. The summed E-state index contributed by atoms with van der Waals surface area (Å²) in [5, 5.41) is 4.51. The number of rotatable bonds is 8. The highest BCUT2D eigenvalue weighted by Crippen LogP contribution is 2.22. The number of furan rings is 1. The molecular formula is C24H30N4O5S. The van der Waals surface area contributed by atoms with E-state index in [1.807, 2.05) is 4.90 Å². The Hall–Kier alpha value is -3.14. The molecule has 10 heteroatoms. The normalized spacial score (nSPS) is 18.4. The standard InChI is InChI=1S/C24H30N4O5S/c1-16-11-17(2)14-26(13-16)21(30)15-28-19-7-10-34-22(19)23(31)27(24(28)32)8-3-6-20(29)25-12-18-5-4-9-33-18/h4-5,7,9-10,16-17H,3,6,8,11-15H2,1-2H3,(H,25,29). The van der Waals surface area contributed by atoms with Gasteiger partial charge in [-0.25, -0.2) is 4.79 Å². The molecule has 3 aromatic rings. The van der Waals surface area contributed by atoms with Crippen LogP contribution in [-0.2, 0) is 29.2 Å². The number of fused-ring (bicyclic) bond motifs is 1. The fraction of sp³-hybridized carbons (Fsp3) is 0.500. The molecule has 1 fully saturated rings. The Labute approximate surface area is 201 Å². The summed E-state index contributed by atoms with van der Waals surface area (Å²) in [4.78, 5) is 53.2. The van der Waals surface area contributed by atoms with Gasteiger partial charge in [-0.3, -0.25) is 23.5 Å². The zero-order valence-electron chi connectivity index (χ0n) is 19.5. The van der Waals surface area contributed by atoms with E-state index in [0.717, 1.165) is 11.0 Å². The van der Waals surface area contributed by atoms with Gasteiger partial charge < -0.3 is 14.6 Å². The van der Waals surface area contributed by atoms with E-state index in [0.29, 0.717) is 47.3 Å². The molecule has 34 heavy (non-hydrogen) atoms. The van der Waals surface area contributed by atoms with Gasteiger partial charge in [-0.05, 0) is 48.3 Å². The molecule has 3 aromatic heterocycles. The number of carbonyl (C=O) groups is 2. The number of piperidine rings is 1.